The van der Waals surface area contributed by atoms with Gasteiger partial charge in [0.25, 0.3) is 5.91 Å². The summed E-state index contributed by atoms with van der Waals surface area (Å²) in [5.74, 6) is 0.0665. The maximum Gasteiger partial charge on any atom is 0.256 e. The molecule has 0 radical (unpaired) electrons. The molecule has 3 nitrogen and oxygen atoms in total. The van der Waals surface area contributed by atoms with Crippen LogP contribution in [0.4, 0.5) is 5.69 Å². The minimum absolute atomic E-state index is 0.0665. The summed E-state index contributed by atoms with van der Waals surface area (Å²) in [6.45, 7) is 4.25. The van der Waals surface area contributed by atoms with E-state index in [1.54, 1.807) is 12.1 Å². The SMILES string of the molecule is CCC1CCC(C)N1C(=O)c1ccc(Br)cc1N. The topological polar surface area (TPSA) is 46.3 Å². The monoisotopic (exact) mass is 310 g/mol. The normalized spacial score (nSPS) is 23.4. The molecular weight excluding hydrogens is 292 g/mol. The molecule has 4 heteroatoms. The van der Waals surface area contributed by atoms with Crippen molar-refractivity contribution >= 4 is 27.5 Å². The molecule has 2 N–H and O–H groups in total. The van der Waals surface area contributed by atoms with Gasteiger partial charge in [-0.15, -0.1) is 0 Å². The zero-order chi connectivity index (χ0) is 13.3. The molecule has 1 fully saturated rings. The zero-order valence-electron chi connectivity index (χ0n) is 10.8. The average molecular weight is 311 g/mol. The van der Waals surface area contributed by atoms with E-state index in [0.717, 1.165) is 23.7 Å². The predicted molar refractivity (Wildman–Crippen MR) is 77.5 cm³/mol. The number of benzene rings is 1. The van der Waals surface area contributed by atoms with Gasteiger partial charge in [0.15, 0.2) is 0 Å². The van der Waals surface area contributed by atoms with Gasteiger partial charge in [0, 0.05) is 22.2 Å². The van der Waals surface area contributed by atoms with Gasteiger partial charge in [-0.1, -0.05) is 22.9 Å². The van der Waals surface area contributed by atoms with E-state index < -0.39 is 0 Å². The molecule has 1 saturated heterocycles. The third kappa shape index (κ3) is 2.39. The van der Waals surface area contributed by atoms with Crippen LogP contribution in [0.1, 0.15) is 43.5 Å². The van der Waals surface area contributed by atoms with Crippen LogP contribution in [-0.4, -0.2) is 22.9 Å². The van der Waals surface area contributed by atoms with Gasteiger partial charge in [-0.3, -0.25) is 4.79 Å². The average Bonchev–Trinajstić information content (AvgIpc) is 2.69. The summed E-state index contributed by atoms with van der Waals surface area (Å²) >= 11 is 3.36. The van der Waals surface area contributed by atoms with Crippen LogP contribution in [0.15, 0.2) is 22.7 Å². The molecule has 2 rings (SSSR count). The molecule has 0 bridgehead atoms. The third-order valence-electron chi connectivity index (χ3n) is 3.74. The van der Waals surface area contributed by atoms with Crippen molar-refractivity contribution in [3.63, 3.8) is 0 Å². The van der Waals surface area contributed by atoms with Gasteiger partial charge in [-0.25, -0.2) is 0 Å². The summed E-state index contributed by atoms with van der Waals surface area (Å²) in [4.78, 5) is 14.6. The molecule has 0 aliphatic carbocycles. The van der Waals surface area contributed by atoms with Crippen molar-refractivity contribution in [1.82, 2.24) is 4.90 Å². The second-order valence-electron chi connectivity index (χ2n) is 4.93. The highest BCUT2D eigenvalue weighted by atomic mass is 79.9. The van der Waals surface area contributed by atoms with Crippen LogP contribution in [0.2, 0.25) is 0 Å². The number of amides is 1. The highest BCUT2D eigenvalue weighted by molar-refractivity contribution is 9.10. The Kier molecular flexibility index (Phi) is 3.95. The van der Waals surface area contributed by atoms with E-state index in [1.807, 2.05) is 11.0 Å². The first-order valence-corrected chi connectivity index (χ1v) is 7.21. The third-order valence-corrected chi connectivity index (χ3v) is 4.23. The van der Waals surface area contributed by atoms with Crippen molar-refractivity contribution in [2.45, 2.75) is 45.2 Å². The van der Waals surface area contributed by atoms with Crippen LogP contribution >= 0.6 is 15.9 Å². The van der Waals surface area contributed by atoms with Crippen molar-refractivity contribution in [3.05, 3.63) is 28.2 Å². The standard InChI is InChI=1S/C14H19BrN2O/c1-3-11-6-4-9(2)17(11)14(18)12-7-5-10(15)8-13(12)16/h5,7-9,11H,3-4,6,16H2,1-2H3. The van der Waals surface area contributed by atoms with Crippen LogP contribution in [0, 0.1) is 0 Å². The van der Waals surface area contributed by atoms with E-state index in [2.05, 4.69) is 29.8 Å². The summed E-state index contributed by atoms with van der Waals surface area (Å²) in [6.07, 6.45) is 3.19. The van der Waals surface area contributed by atoms with Crippen LogP contribution in [0.5, 0.6) is 0 Å². The molecule has 1 aliphatic rings. The smallest absolute Gasteiger partial charge is 0.256 e. The molecule has 0 spiro atoms. The van der Waals surface area contributed by atoms with Crippen LogP contribution < -0.4 is 5.73 Å². The first kappa shape index (κ1) is 13.4. The van der Waals surface area contributed by atoms with Gasteiger partial charge >= 0.3 is 0 Å². The van der Waals surface area contributed by atoms with Gasteiger partial charge in [0.1, 0.15) is 0 Å². The second-order valence-corrected chi connectivity index (χ2v) is 5.85. The van der Waals surface area contributed by atoms with E-state index in [4.69, 9.17) is 5.73 Å². The molecule has 1 aliphatic heterocycles. The van der Waals surface area contributed by atoms with Gasteiger partial charge in [0.2, 0.25) is 0 Å². The molecule has 2 atom stereocenters. The molecule has 1 aromatic carbocycles. The van der Waals surface area contributed by atoms with Gasteiger partial charge < -0.3 is 10.6 Å². The number of carbonyl (C=O) groups excluding carboxylic acids is 1. The molecule has 1 aromatic rings. The number of nitrogen functional groups attached to an aromatic ring is 1. The first-order valence-electron chi connectivity index (χ1n) is 6.42. The summed E-state index contributed by atoms with van der Waals surface area (Å²) in [6, 6.07) is 6.13. The van der Waals surface area contributed by atoms with Gasteiger partial charge in [0.05, 0.1) is 5.56 Å². The molecule has 0 aromatic heterocycles. The number of hydrogen-bond acceptors (Lipinski definition) is 2. The largest absolute Gasteiger partial charge is 0.398 e. The zero-order valence-corrected chi connectivity index (χ0v) is 12.4. The second kappa shape index (κ2) is 5.31. The number of anilines is 1. The number of nitrogens with zero attached hydrogens (tertiary/aromatic N) is 1. The van der Waals surface area contributed by atoms with Crippen LogP contribution in [0.25, 0.3) is 0 Å². The quantitative estimate of drug-likeness (QED) is 0.851. The van der Waals surface area contributed by atoms with Crippen LogP contribution in [0.3, 0.4) is 0 Å². The minimum Gasteiger partial charge on any atom is -0.398 e. The first-order chi connectivity index (χ1) is 8.54. The van der Waals surface area contributed by atoms with Crippen molar-refractivity contribution in [1.29, 1.82) is 0 Å². The number of nitrogens with two attached hydrogens (primary N) is 1. The van der Waals surface area contributed by atoms with Crippen molar-refractivity contribution in [2.75, 3.05) is 5.73 Å². The van der Waals surface area contributed by atoms with Crippen molar-refractivity contribution < 1.29 is 4.79 Å². The number of hydrogen-bond donors (Lipinski definition) is 1. The van der Waals surface area contributed by atoms with E-state index in [1.165, 1.54) is 0 Å². The highest BCUT2D eigenvalue weighted by Gasteiger charge is 2.34. The van der Waals surface area contributed by atoms with E-state index in [9.17, 15) is 4.79 Å². The van der Waals surface area contributed by atoms with E-state index in [-0.39, 0.29) is 5.91 Å². The van der Waals surface area contributed by atoms with Crippen molar-refractivity contribution in [3.8, 4) is 0 Å². The predicted octanol–water partition coefficient (Wildman–Crippen LogP) is 3.43. The Morgan fingerprint density at radius 3 is 2.83 bits per heavy atom. The molecule has 98 valence electrons. The Hall–Kier alpha value is -1.03. The van der Waals surface area contributed by atoms with Gasteiger partial charge in [-0.2, -0.15) is 0 Å². The van der Waals surface area contributed by atoms with E-state index >= 15 is 0 Å². The molecule has 0 saturated carbocycles. The lowest BCUT2D eigenvalue weighted by molar-refractivity contribution is 0.0677. The molecule has 1 heterocycles. The fraction of sp³-hybridized carbons (Fsp3) is 0.500. The fourth-order valence-corrected chi connectivity index (χ4v) is 3.08. The Bertz CT molecular complexity index is 461. The molecule has 18 heavy (non-hydrogen) atoms. The highest BCUT2D eigenvalue weighted by Crippen LogP contribution is 2.29. The number of halogens is 1. The Morgan fingerprint density at radius 2 is 2.22 bits per heavy atom. The van der Waals surface area contributed by atoms with E-state index in [0.29, 0.717) is 23.3 Å². The lowest BCUT2D eigenvalue weighted by Crippen LogP contribution is -2.39. The van der Waals surface area contributed by atoms with Crippen LogP contribution in [-0.2, 0) is 0 Å². The lowest BCUT2D eigenvalue weighted by atomic mass is 10.1. The maximum atomic E-state index is 12.6. The summed E-state index contributed by atoms with van der Waals surface area (Å²) in [7, 11) is 0. The maximum absolute atomic E-state index is 12.6. The number of carbonyl (C=O) groups is 1. The summed E-state index contributed by atoms with van der Waals surface area (Å²) in [5.41, 5.74) is 7.11. The molecule has 1 amide bonds. The molecular formula is C14H19BrN2O. The van der Waals surface area contributed by atoms with Crippen molar-refractivity contribution in [2.24, 2.45) is 0 Å². The molecule has 2 unspecified atom stereocenters. The Morgan fingerprint density at radius 1 is 1.50 bits per heavy atom. The number of likely N-dealkylation sites (tertiary alicyclic amines) is 1. The Labute approximate surface area is 116 Å². The van der Waals surface area contributed by atoms with Gasteiger partial charge in [-0.05, 0) is 44.4 Å². The summed E-state index contributed by atoms with van der Waals surface area (Å²) < 4.78 is 0.901. The Balaban J connectivity index is 2.30. The minimum atomic E-state index is 0.0665. The lowest BCUT2D eigenvalue weighted by Gasteiger charge is -2.28. The number of rotatable bonds is 2. The fourth-order valence-electron chi connectivity index (χ4n) is 2.71. The summed E-state index contributed by atoms with van der Waals surface area (Å²) in [5, 5.41) is 0.